The maximum absolute atomic E-state index is 12.9. The van der Waals surface area contributed by atoms with E-state index in [9.17, 15) is 14.7 Å². The molecular weight excluding hydrogens is 276 g/mol. The summed E-state index contributed by atoms with van der Waals surface area (Å²) < 4.78 is 0. The fraction of sp³-hybridized carbons (Fsp3) is 0.895. The molecular formula is C19H28O3. The molecule has 0 radical (unpaired) electrons. The van der Waals surface area contributed by atoms with Crippen LogP contribution >= 0.6 is 0 Å². The summed E-state index contributed by atoms with van der Waals surface area (Å²) in [6.07, 6.45) is 6.73. The minimum absolute atomic E-state index is 0.113. The molecule has 3 heteroatoms. The lowest BCUT2D eigenvalue weighted by Crippen LogP contribution is -2.57. The minimum atomic E-state index is -0.228. The Kier molecular flexibility index (Phi) is 3.15. The number of aliphatic hydroxyl groups is 1. The molecule has 0 spiro atoms. The van der Waals surface area contributed by atoms with Gasteiger partial charge in [0, 0.05) is 24.2 Å². The summed E-state index contributed by atoms with van der Waals surface area (Å²) in [5.41, 5.74) is -0.0288. The number of hydrogen-bond acceptors (Lipinski definition) is 3. The number of carbonyl (C=O) groups is 2. The monoisotopic (exact) mass is 304 g/mol. The van der Waals surface area contributed by atoms with E-state index in [1.807, 2.05) is 0 Å². The summed E-state index contributed by atoms with van der Waals surface area (Å²) in [5.74, 6) is 1.99. The summed E-state index contributed by atoms with van der Waals surface area (Å²) >= 11 is 0. The topological polar surface area (TPSA) is 54.4 Å². The van der Waals surface area contributed by atoms with E-state index in [2.05, 4.69) is 13.8 Å². The predicted molar refractivity (Wildman–Crippen MR) is 83.1 cm³/mol. The molecule has 122 valence electrons. The Hall–Kier alpha value is -0.700. The Bertz CT molecular complexity index is 527. The van der Waals surface area contributed by atoms with Crippen LogP contribution in [0.3, 0.4) is 0 Å². The Balaban J connectivity index is 1.70. The molecule has 4 aliphatic carbocycles. The third-order valence-electron chi connectivity index (χ3n) is 8.15. The van der Waals surface area contributed by atoms with Gasteiger partial charge in [-0.3, -0.25) is 9.59 Å². The molecule has 0 unspecified atom stereocenters. The predicted octanol–water partition coefficient (Wildman–Crippen LogP) is 3.14. The number of aliphatic hydroxyl groups excluding tert-OH is 1. The highest BCUT2D eigenvalue weighted by molar-refractivity contribution is 5.90. The largest absolute Gasteiger partial charge is 0.393 e. The quantitative estimate of drug-likeness (QED) is 0.748. The second-order valence-corrected chi connectivity index (χ2v) is 8.96. The second-order valence-electron chi connectivity index (χ2n) is 8.96. The Morgan fingerprint density at radius 3 is 2.59 bits per heavy atom. The number of ketones is 2. The van der Waals surface area contributed by atoms with Crippen molar-refractivity contribution in [2.45, 2.75) is 71.3 Å². The molecule has 0 saturated heterocycles. The first-order valence-corrected chi connectivity index (χ1v) is 9.10. The summed E-state index contributed by atoms with van der Waals surface area (Å²) in [6, 6.07) is 0. The SMILES string of the molecule is C[C@@]12CC[C@@H](O)C[C@@H]1CC(=O)[C@H]1[C@H]3CCC(=O)[C@]3(C)CC[C@@H]12. The van der Waals surface area contributed by atoms with Gasteiger partial charge in [-0.15, -0.1) is 0 Å². The van der Waals surface area contributed by atoms with Gasteiger partial charge >= 0.3 is 0 Å². The van der Waals surface area contributed by atoms with E-state index < -0.39 is 0 Å². The number of fused-ring (bicyclic) bond motifs is 5. The smallest absolute Gasteiger partial charge is 0.139 e. The van der Waals surface area contributed by atoms with Gasteiger partial charge in [0.2, 0.25) is 0 Å². The van der Waals surface area contributed by atoms with Crippen molar-refractivity contribution in [2.75, 3.05) is 0 Å². The first-order chi connectivity index (χ1) is 10.4. The molecule has 0 aliphatic heterocycles. The van der Waals surface area contributed by atoms with Gasteiger partial charge in [-0.1, -0.05) is 13.8 Å². The third kappa shape index (κ3) is 1.78. The zero-order valence-electron chi connectivity index (χ0n) is 13.8. The first kappa shape index (κ1) is 14.9. The maximum Gasteiger partial charge on any atom is 0.139 e. The minimum Gasteiger partial charge on any atom is -0.393 e. The molecule has 0 heterocycles. The molecule has 3 nitrogen and oxygen atoms in total. The lowest BCUT2D eigenvalue weighted by atomic mass is 9.45. The molecule has 7 atom stereocenters. The van der Waals surface area contributed by atoms with Crippen molar-refractivity contribution in [1.82, 2.24) is 0 Å². The Morgan fingerprint density at radius 1 is 1.05 bits per heavy atom. The van der Waals surface area contributed by atoms with Gasteiger partial charge < -0.3 is 5.11 Å². The van der Waals surface area contributed by atoms with Crippen LogP contribution in [0.15, 0.2) is 0 Å². The Labute approximate surface area is 132 Å². The summed E-state index contributed by atoms with van der Waals surface area (Å²) in [5, 5.41) is 10.0. The summed E-state index contributed by atoms with van der Waals surface area (Å²) in [4.78, 5) is 25.3. The molecule has 0 aromatic carbocycles. The van der Waals surface area contributed by atoms with E-state index in [0.29, 0.717) is 36.2 Å². The highest BCUT2D eigenvalue weighted by Gasteiger charge is 2.62. The maximum atomic E-state index is 12.9. The zero-order valence-corrected chi connectivity index (χ0v) is 13.8. The van der Waals surface area contributed by atoms with Gasteiger partial charge in [-0.05, 0) is 61.7 Å². The Morgan fingerprint density at radius 2 is 1.82 bits per heavy atom. The molecule has 0 aromatic heterocycles. The van der Waals surface area contributed by atoms with Gasteiger partial charge in [0.1, 0.15) is 11.6 Å². The van der Waals surface area contributed by atoms with E-state index in [1.54, 1.807) is 0 Å². The molecule has 22 heavy (non-hydrogen) atoms. The fourth-order valence-electron chi connectivity index (χ4n) is 6.68. The van der Waals surface area contributed by atoms with Crippen LogP contribution in [-0.2, 0) is 9.59 Å². The van der Waals surface area contributed by atoms with Crippen LogP contribution < -0.4 is 0 Å². The molecule has 4 rings (SSSR count). The molecule has 0 amide bonds. The first-order valence-electron chi connectivity index (χ1n) is 9.10. The van der Waals surface area contributed by atoms with Crippen LogP contribution in [0.4, 0.5) is 0 Å². The molecule has 0 bridgehead atoms. The van der Waals surface area contributed by atoms with Gasteiger partial charge in [-0.25, -0.2) is 0 Å². The van der Waals surface area contributed by atoms with Crippen molar-refractivity contribution in [2.24, 2.45) is 34.5 Å². The van der Waals surface area contributed by atoms with Crippen molar-refractivity contribution in [3.8, 4) is 0 Å². The molecule has 0 aromatic rings. The van der Waals surface area contributed by atoms with Crippen LogP contribution in [0, 0.1) is 34.5 Å². The van der Waals surface area contributed by atoms with E-state index in [4.69, 9.17) is 0 Å². The van der Waals surface area contributed by atoms with Crippen molar-refractivity contribution >= 4 is 11.6 Å². The number of rotatable bonds is 0. The van der Waals surface area contributed by atoms with Crippen LogP contribution in [0.5, 0.6) is 0 Å². The van der Waals surface area contributed by atoms with Crippen molar-refractivity contribution in [1.29, 1.82) is 0 Å². The number of Topliss-reactive ketones (excluding diaryl/α,β-unsaturated/α-hetero) is 2. The van der Waals surface area contributed by atoms with E-state index in [-0.39, 0.29) is 28.8 Å². The second kappa shape index (κ2) is 4.66. The number of hydrogen-bond donors (Lipinski definition) is 1. The van der Waals surface area contributed by atoms with Crippen molar-refractivity contribution in [3.05, 3.63) is 0 Å². The van der Waals surface area contributed by atoms with Crippen LogP contribution in [0.25, 0.3) is 0 Å². The van der Waals surface area contributed by atoms with E-state index >= 15 is 0 Å². The summed E-state index contributed by atoms with van der Waals surface area (Å²) in [6.45, 7) is 4.49. The lowest BCUT2D eigenvalue weighted by molar-refractivity contribution is -0.160. The zero-order chi connectivity index (χ0) is 15.7. The molecule has 4 fully saturated rings. The van der Waals surface area contributed by atoms with Gasteiger partial charge in [0.05, 0.1) is 6.10 Å². The van der Waals surface area contributed by atoms with Crippen LogP contribution in [0.2, 0.25) is 0 Å². The normalized spacial score (nSPS) is 54.6. The third-order valence-corrected chi connectivity index (χ3v) is 8.15. The highest BCUT2D eigenvalue weighted by Crippen LogP contribution is 2.64. The number of carbonyl (C=O) groups excluding carboxylic acids is 2. The van der Waals surface area contributed by atoms with Gasteiger partial charge in [0.15, 0.2) is 0 Å². The van der Waals surface area contributed by atoms with Gasteiger partial charge in [0.25, 0.3) is 0 Å². The average molecular weight is 304 g/mol. The van der Waals surface area contributed by atoms with Gasteiger partial charge in [-0.2, -0.15) is 0 Å². The van der Waals surface area contributed by atoms with Crippen molar-refractivity contribution < 1.29 is 14.7 Å². The van der Waals surface area contributed by atoms with E-state index in [1.165, 1.54) is 0 Å². The summed E-state index contributed by atoms with van der Waals surface area (Å²) in [7, 11) is 0. The van der Waals surface area contributed by atoms with Crippen LogP contribution in [0.1, 0.15) is 65.2 Å². The molecule has 4 saturated carbocycles. The fourth-order valence-corrected chi connectivity index (χ4v) is 6.68. The highest BCUT2D eigenvalue weighted by atomic mass is 16.3. The standard InChI is InChI=1S/C19H28O3/c1-18-7-5-12(20)9-11(18)10-15(21)17-13-3-4-16(22)19(13,2)8-6-14(17)18/h11-14,17,20H,3-10H2,1-2H3/t11-,12-,13-,14+,17+,18-,19-/m1/s1. The van der Waals surface area contributed by atoms with E-state index in [0.717, 1.165) is 38.5 Å². The lowest BCUT2D eigenvalue weighted by Gasteiger charge is -2.59. The molecule has 4 aliphatic rings. The van der Waals surface area contributed by atoms with Crippen molar-refractivity contribution in [3.63, 3.8) is 0 Å². The van der Waals surface area contributed by atoms with Crippen LogP contribution in [-0.4, -0.2) is 22.8 Å². The molecule has 1 N–H and O–H groups in total. The average Bonchev–Trinajstić information content (AvgIpc) is 2.77.